The number of carbonyl (C=O) groups is 3. The molecular weight excluding hydrogens is 949 g/mol. The number of ether oxygens (including phenoxy) is 3. The van der Waals surface area contributed by atoms with Crippen molar-refractivity contribution < 1.29 is 28.6 Å². The molecule has 0 bridgehead atoms. The molecule has 0 saturated carbocycles. The number of hydrogen-bond acceptors (Lipinski definition) is 6. The van der Waals surface area contributed by atoms with Gasteiger partial charge < -0.3 is 14.2 Å². The van der Waals surface area contributed by atoms with Crippen molar-refractivity contribution >= 4 is 17.9 Å². The van der Waals surface area contributed by atoms with Crippen LogP contribution in [0.2, 0.25) is 0 Å². The van der Waals surface area contributed by atoms with Crippen LogP contribution in [0, 0.1) is 0 Å². The van der Waals surface area contributed by atoms with Crippen molar-refractivity contribution in [3.05, 3.63) is 60.8 Å². The predicted molar refractivity (Wildman–Crippen MR) is 335 cm³/mol. The molecule has 1 atom stereocenters. The fourth-order valence-corrected chi connectivity index (χ4v) is 9.86. The molecule has 0 fully saturated rings. The zero-order valence-corrected chi connectivity index (χ0v) is 51.5. The van der Waals surface area contributed by atoms with Crippen LogP contribution in [0.15, 0.2) is 60.8 Å². The smallest absolute Gasteiger partial charge is 0.306 e. The molecule has 0 aliphatic heterocycles. The first-order valence-electron chi connectivity index (χ1n) is 33.8. The fourth-order valence-electron chi connectivity index (χ4n) is 9.86. The number of unbranched alkanes of at least 4 members (excludes halogenated alkanes) is 41. The van der Waals surface area contributed by atoms with Crippen LogP contribution in [-0.2, 0) is 28.6 Å². The molecule has 0 heterocycles. The van der Waals surface area contributed by atoms with Crippen molar-refractivity contribution in [3.63, 3.8) is 0 Å². The first kappa shape index (κ1) is 74.1. The Bertz CT molecular complexity index is 1380. The summed E-state index contributed by atoms with van der Waals surface area (Å²) >= 11 is 0. The van der Waals surface area contributed by atoms with E-state index in [0.29, 0.717) is 19.3 Å². The second kappa shape index (κ2) is 65.6. The van der Waals surface area contributed by atoms with Gasteiger partial charge in [0.2, 0.25) is 0 Å². The Kier molecular flexibility index (Phi) is 63.2. The lowest BCUT2D eigenvalue weighted by Gasteiger charge is -2.18. The van der Waals surface area contributed by atoms with Crippen molar-refractivity contribution in [3.8, 4) is 0 Å². The molecule has 0 saturated heterocycles. The third-order valence-electron chi connectivity index (χ3n) is 14.9. The Morgan fingerprint density at radius 1 is 0.260 bits per heavy atom. The third-order valence-corrected chi connectivity index (χ3v) is 14.9. The zero-order valence-electron chi connectivity index (χ0n) is 51.5. The van der Waals surface area contributed by atoms with Gasteiger partial charge in [-0.3, -0.25) is 14.4 Å². The van der Waals surface area contributed by atoms with E-state index in [-0.39, 0.29) is 31.1 Å². The predicted octanol–water partition coefficient (Wildman–Crippen LogP) is 23.1. The van der Waals surface area contributed by atoms with Gasteiger partial charge >= 0.3 is 17.9 Å². The van der Waals surface area contributed by atoms with Crippen LogP contribution >= 0.6 is 0 Å². The van der Waals surface area contributed by atoms with Crippen LogP contribution in [0.5, 0.6) is 0 Å². The van der Waals surface area contributed by atoms with Crippen LogP contribution in [0.4, 0.5) is 0 Å². The van der Waals surface area contributed by atoms with Gasteiger partial charge in [-0.15, -0.1) is 0 Å². The maximum absolute atomic E-state index is 12.9. The number of esters is 3. The number of carbonyl (C=O) groups excluding carboxylic acids is 3. The van der Waals surface area contributed by atoms with Gasteiger partial charge in [-0.05, 0) is 103 Å². The van der Waals surface area contributed by atoms with E-state index in [1.54, 1.807) is 0 Å². The average molecular weight is 1080 g/mol. The summed E-state index contributed by atoms with van der Waals surface area (Å²) in [5, 5.41) is 0. The topological polar surface area (TPSA) is 78.9 Å². The summed E-state index contributed by atoms with van der Waals surface area (Å²) in [6, 6.07) is 0. The summed E-state index contributed by atoms with van der Waals surface area (Å²) in [6.07, 6.45) is 83.8. The molecule has 0 radical (unpaired) electrons. The van der Waals surface area contributed by atoms with Gasteiger partial charge in [0, 0.05) is 19.3 Å². The lowest BCUT2D eigenvalue weighted by molar-refractivity contribution is -0.167. The van der Waals surface area contributed by atoms with Gasteiger partial charge in [-0.25, -0.2) is 0 Å². The summed E-state index contributed by atoms with van der Waals surface area (Å²) < 4.78 is 16.9. The molecule has 448 valence electrons. The van der Waals surface area contributed by atoms with E-state index in [9.17, 15) is 14.4 Å². The molecule has 0 spiro atoms. The molecule has 0 amide bonds. The highest BCUT2D eigenvalue weighted by Crippen LogP contribution is 2.17. The second-order valence-electron chi connectivity index (χ2n) is 22.7. The highest BCUT2D eigenvalue weighted by molar-refractivity contribution is 5.71. The number of allylic oxidation sites excluding steroid dienone is 10. The summed E-state index contributed by atoms with van der Waals surface area (Å²) in [5.41, 5.74) is 0. The van der Waals surface area contributed by atoms with E-state index in [0.717, 1.165) is 89.9 Å². The quantitative estimate of drug-likeness (QED) is 0.0261. The monoisotopic (exact) mass is 1080 g/mol. The molecular formula is C71H128O6. The Labute approximate surface area is 479 Å². The van der Waals surface area contributed by atoms with Crippen molar-refractivity contribution in [1.29, 1.82) is 0 Å². The van der Waals surface area contributed by atoms with E-state index in [2.05, 4.69) is 81.5 Å². The Balaban J connectivity index is 4.24. The Morgan fingerprint density at radius 2 is 0.494 bits per heavy atom. The summed E-state index contributed by atoms with van der Waals surface area (Å²) in [7, 11) is 0. The molecule has 6 heteroatoms. The number of hydrogen-bond donors (Lipinski definition) is 0. The fraction of sp³-hybridized carbons (Fsp3) is 0.817. The molecule has 6 nitrogen and oxygen atoms in total. The molecule has 77 heavy (non-hydrogen) atoms. The normalized spacial score (nSPS) is 12.4. The lowest BCUT2D eigenvalue weighted by atomic mass is 10.0. The lowest BCUT2D eigenvalue weighted by Crippen LogP contribution is -2.30. The molecule has 0 aliphatic carbocycles. The molecule has 0 aromatic heterocycles. The van der Waals surface area contributed by atoms with Crippen LogP contribution in [0.3, 0.4) is 0 Å². The molecule has 0 aromatic rings. The summed E-state index contributed by atoms with van der Waals surface area (Å²) in [4.78, 5) is 38.3. The molecule has 0 aliphatic rings. The first-order valence-corrected chi connectivity index (χ1v) is 33.8. The standard InChI is InChI=1S/C71H128O6/c1-4-7-10-13-16-19-22-25-27-29-31-32-33-34-35-36-37-38-40-41-43-46-49-52-55-58-61-64-70(73)76-67-68(66-75-69(72)63-60-57-54-51-48-45-24-21-18-15-12-9-6-3)77-71(74)65-62-59-56-53-50-47-44-42-39-30-28-26-23-20-17-14-11-8-5-2/h12,15,21-22,24-26,28-29,31,68H,4-11,13-14,16-20,23,27,30,32-67H2,1-3H3/b15-12-,24-21-,25-22-,28-26-,31-29-. The molecule has 1 unspecified atom stereocenters. The van der Waals surface area contributed by atoms with E-state index < -0.39 is 6.10 Å². The van der Waals surface area contributed by atoms with Gasteiger partial charge in [0.05, 0.1) is 0 Å². The Morgan fingerprint density at radius 3 is 0.779 bits per heavy atom. The van der Waals surface area contributed by atoms with Gasteiger partial charge in [0.1, 0.15) is 13.2 Å². The van der Waals surface area contributed by atoms with E-state index in [1.807, 2.05) is 0 Å². The van der Waals surface area contributed by atoms with Crippen LogP contribution in [0.1, 0.15) is 355 Å². The van der Waals surface area contributed by atoms with Crippen molar-refractivity contribution in [2.24, 2.45) is 0 Å². The minimum atomic E-state index is -0.781. The van der Waals surface area contributed by atoms with Crippen molar-refractivity contribution in [2.75, 3.05) is 13.2 Å². The Hall–Kier alpha value is -2.89. The van der Waals surface area contributed by atoms with E-state index >= 15 is 0 Å². The molecule has 0 aromatic carbocycles. The second-order valence-corrected chi connectivity index (χ2v) is 22.7. The van der Waals surface area contributed by atoms with Crippen molar-refractivity contribution in [2.45, 2.75) is 361 Å². The third kappa shape index (κ3) is 63.8. The minimum Gasteiger partial charge on any atom is -0.462 e. The largest absolute Gasteiger partial charge is 0.462 e. The molecule has 0 N–H and O–H groups in total. The zero-order chi connectivity index (χ0) is 55.7. The van der Waals surface area contributed by atoms with Crippen LogP contribution < -0.4 is 0 Å². The molecule has 0 rings (SSSR count). The van der Waals surface area contributed by atoms with E-state index in [4.69, 9.17) is 14.2 Å². The summed E-state index contributed by atoms with van der Waals surface area (Å²) in [6.45, 7) is 6.60. The van der Waals surface area contributed by atoms with Crippen LogP contribution in [-0.4, -0.2) is 37.2 Å². The maximum atomic E-state index is 12.9. The average Bonchev–Trinajstić information content (AvgIpc) is 3.43. The van der Waals surface area contributed by atoms with Gasteiger partial charge in [-0.1, -0.05) is 293 Å². The van der Waals surface area contributed by atoms with Gasteiger partial charge in [-0.2, -0.15) is 0 Å². The minimum absolute atomic E-state index is 0.0769. The number of rotatable bonds is 62. The highest BCUT2D eigenvalue weighted by atomic mass is 16.6. The summed E-state index contributed by atoms with van der Waals surface area (Å²) in [5.74, 6) is -0.875. The van der Waals surface area contributed by atoms with Gasteiger partial charge in [0.15, 0.2) is 6.10 Å². The first-order chi connectivity index (χ1) is 38.0. The van der Waals surface area contributed by atoms with Crippen LogP contribution in [0.25, 0.3) is 0 Å². The van der Waals surface area contributed by atoms with Gasteiger partial charge in [0.25, 0.3) is 0 Å². The SMILES string of the molecule is CCC/C=C\C/C=C\CCCCCCCC(=O)OCC(COC(=O)CCCCCCCCCCCCCCCCC/C=C\C/C=C\CCCCCCC)OC(=O)CCCCCCCCCCC/C=C\CCCCCCCC. The van der Waals surface area contributed by atoms with Crippen molar-refractivity contribution in [1.82, 2.24) is 0 Å². The van der Waals surface area contributed by atoms with E-state index in [1.165, 1.54) is 225 Å². The maximum Gasteiger partial charge on any atom is 0.306 e. The highest BCUT2D eigenvalue weighted by Gasteiger charge is 2.19.